The second kappa shape index (κ2) is 13.9. The van der Waals surface area contributed by atoms with E-state index in [0.29, 0.717) is 11.3 Å². The summed E-state index contributed by atoms with van der Waals surface area (Å²) in [6.07, 6.45) is 0. The lowest BCUT2D eigenvalue weighted by Gasteiger charge is -2.32. The van der Waals surface area contributed by atoms with E-state index in [-0.39, 0.29) is 37.8 Å². The van der Waals surface area contributed by atoms with Crippen LogP contribution in [-0.2, 0) is 32.5 Å². The Bertz CT molecular complexity index is 2310. The smallest absolute Gasteiger partial charge is 0.441 e. The quantitative estimate of drug-likeness (QED) is 0.159. The summed E-state index contributed by atoms with van der Waals surface area (Å²) in [5.74, 6) is 0.602. The lowest BCUT2D eigenvalue weighted by Crippen LogP contribution is -2.21. The Morgan fingerprint density at radius 2 is 0.768 bits per heavy atom. The number of rotatable bonds is 4. The van der Waals surface area contributed by atoms with Gasteiger partial charge in [-0.1, -0.05) is 149 Å². The molecular formula is C51H70O4P+. The summed E-state index contributed by atoms with van der Waals surface area (Å²) in [6.45, 7) is 40.4. The van der Waals surface area contributed by atoms with Gasteiger partial charge in [-0.15, -0.1) is 0 Å². The molecule has 3 N–H and O–H groups in total. The van der Waals surface area contributed by atoms with Gasteiger partial charge in [-0.2, -0.15) is 14.7 Å². The van der Waals surface area contributed by atoms with Gasteiger partial charge in [0.2, 0.25) is 0 Å². The van der Waals surface area contributed by atoms with Crippen LogP contribution >= 0.6 is 7.94 Å². The molecule has 0 saturated heterocycles. The zero-order valence-electron chi connectivity index (χ0n) is 38.0. The Morgan fingerprint density at radius 1 is 0.411 bits per heavy atom. The highest BCUT2D eigenvalue weighted by Crippen LogP contribution is 2.54. The van der Waals surface area contributed by atoms with Gasteiger partial charge in [-0.25, -0.2) is 0 Å². The topological polar surface area (TPSA) is 69.9 Å². The minimum absolute atomic E-state index is 0.0467. The molecule has 0 amide bonds. The van der Waals surface area contributed by atoms with E-state index in [1.54, 1.807) is 19.2 Å². The molecule has 0 bridgehead atoms. The predicted octanol–water partition coefficient (Wildman–Crippen LogP) is 13.5. The molecule has 0 saturated carbocycles. The largest absolute Gasteiger partial charge is 0.496 e. The fraction of sp³-hybridized carbons (Fsp3) is 0.490. The van der Waals surface area contributed by atoms with Crippen LogP contribution in [-0.4, -0.2) is 21.8 Å². The Labute approximate surface area is 339 Å². The molecule has 0 spiro atoms. The maximum Gasteiger partial charge on any atom is 0.441 e. The minimum Gasteiger partial charge on any atom is -0.496 e. The van der Waals surface area contributed by atoms with E-state index in [1.807, 2.05) is 0 Å². The second-order valence-corrected chi connectivity index (χ2v) is 24.0. The monoisotopic (exact) mass is 778 g/mol. The first kappa shape index (κ1) is 43.8. The molecule has 5 aromatic rings. The molecule has 5 rings (SSSR count). The molecule has 302 valence electrons. The molecule has 0 radical (unpaired) electrons. The van der Waals surface area contributed by atoms with Crippen molar-refractivity contribution in [3.8, 4) is 28.0 Å². The average Bonchev–Trinajstić information content (AvgIpc) is 3.02. The van der Waals surface area contributed by atoms with Gasteiger partial charge in [-0.05, 0) is 135 Å². The second-order valence-electron chi connectivity index (χ2n) is 22.4. The normalized spacial score (nSPS) is 13.9. The van der Waals surface area contributed by atoms with Crippen molar-refractivity contribution in [3.63, 3.8) is 0 Å². The van der Waals surface area contributed by atoms with Gasteiger partial charge < -0.3 is 4.74 Å². The summed E-state index contributed by atoms with van der Waals surface area (Å²) in [5.41, 5.74) is 9.17. The fourth-order valence-corrected chi connectivity index (χ4v) is 8.92. The van der Waals surface area contributed by atoms with Crippen LogP contribution in [0.1, 0.15) is 158 Å². The van der Waals surface area contributed by atoms with Gasteiger partial charge in [-0.3, -0.25) is 0 Å². The van der Waals surface area contributed by atoms with Crippen LogP contribution in [0.15, 0.2) is 60.7 Å². The molecule has 0 aliphatic heterocycles. The minimum atomic E-state index is -4.58. The number of hydrogen-bond acceptors (Lipinski definition) is 4. The Kier molecular flexibility index (Phi) is 10.9. The van der Waals surface area contributed by atoms with Crippen molar-refractivity contribution < 1.29 is 19.4 Å². The van der Waals surface area contributed by atoms with Crippen LogP contribution in [0.4, 0.5) is 0 Å². The molecule has 0 atom stereocenters. The zero-order valence-corrected chi connectivity index (χ0v) is 38.9. The molecule has 4 nitrogen and oxygen atoms in total. The molecule has 0 aliphatic rings. The van der Waals surface area contributed by atoms with Crippen LogP contribution in [0.5, 0.6) is 5.75 Å². The summed E-state index contributed by atoms with van der Waals surface area (Å²) < 4.78 is 6.28. The van der Waals surface area contributed by atoms with Crippen molar-refractivity contribution >= 4 is 34.8 Å². The van der Waals surface area contributed by atoms with E-state index >= 15 is 0 Å². The highest BCUT2D eigenvalue weighted by Gasteiger charge is 2.42. The van der Waals surface area contributed by atoms with E-state index in [1.165, 1.54) is 27.6 Å². The van der Waals surface area contributed by atoms with Gasteiger partial charge in [0.25, 0.3) is 0 Å². The van der Waals surface area contributed by atoms with Gasteiger partial charge >= 0.3 is 7.94 Å². The molecule has 0 heterocycles. The van der Waals surface area contributed by atoms with E-state index < -0.39 is 7.94 Å². The third-order valence-corrected chi connectivity index (χ3v) is 12.4. The summed E-state index contributed by atoms with van der Waals surface area (Å²) >= 11 is 0. The van der Waals surface area contributed by atoms with Crippen LogP contribution in [0, 0.1) is 0 Å². The first-order valence-corrected chi connectivity index (χ1v) is 21.9. The number of methoxy groups -OCH3 is 1. The molecule has 56 heavy (non-hydrogen) atoms. The summed E-state index contributed by atoms with van der Waals surface area (Å²) in [7, 11) is -2.90. The first-order chi connectivity index (χ1) is 25.2. The van der Waals surface area contributed by atoms with Gasteiger partial charge in [0.05, 0.1) is 7.11 Å². The standard InChI is InChI=1S/C51H70O4P/c1-46(2,3)32-22-30-24-38(48(7,8)9)36(28-34(30)40(26-32)50(13,14)15)44-42(55-19)20-21-43(56(52,53)54)45(44)37-29-35-31(25-39(37)49(10,11)12)23-33(47(4,5)6)27-41(35)51(16,17)18/h20-29,52-54H,1-19H3/q+1. The third-order valence-electron chi connectivity index (χ3n) is 11.4. The van der Waals surface area contributed by atoms with Crippen molar-refractivity contribution in [2.24, 2.45) is 0 Å². The van der Waals surface area contributed by atoms with E-state index in [0.717, 1.165) is 44.0 Å². The number of benzene rings is 5. The van der Waals surface area contributed by atoms with Gasteiger partial charge in [0.1, 0.15) is 5.75 Å². The zero-order chi connectivity index (χ0) is 42.5. The first-order valence-electron chi connectivity index (χ1n) is 20.2. The molecule has 0 aliphatic carbocycles. The predicted molar refractivity (Wildman–Crippen MR) is 244 cm³/mol. The average molecular weight is 778 g/mol. The molecule has 5 aromatic carbocycles. The molecule has 0 unspecified atom stereocenters. The van der Waals surface area contributed by atoms with Gasteiger partial charge in [0.15, 0.2) is 5.30 Å². The molecule has 0 fully saturated rings. The number of ether oxygens (including phenoxy) is 1. The summed E-state index contributed by atoms with van der Waals surface area (Å²) in [6, 6.07) is 22.0. The third kappa shape index (κ3) is 8.47. The van der Waals surface area contributed by atoms with Crippen LogP contribution < -0.4 is 10.0 Å². The van der Waals surface area contributed by atoms with E-state index in [4.69, 9.17) is 4.74 Å². The summed E-state index contributed by atoms with van der Waals surface area (Å²) in [4.78, 5) is 34.3. The Balaban J connectivity index is 2.12. The lowest BCUT2D eigenvalue weighted by atomic mass is 9.73. The number of fused-ring (bicyclic) bond motifs is 2. The van der Waals surface area contributed by atoms with Gasteiger partial charge in [0, 0.05) is 11.1 Å². The molecular weight excluding hydrogens is 708 g/mol. The van der Waals surface area contributed by atoms with Crippen LogP contribution in [0.2, 0.25) is 0 Å². The number of hydrogen-bond donors (Lipinski definition) is 3. The van der Waals surface area contributed by atoms with Crippen molar-refractivity contribution in [2.75, 3.05) is 7.11 Å². The Hall–Kier alpha value is -3.27. The highest BCUT2D eigenvalue weighted by atomic mass is 31.2. The lowest BCUT2D eigenvalue weighted by molar-refractivity contribution is 0.347. The fourth-order valence-electron chi connectivity index (χ4n) is 8.12. The van der Waals surface area contributed by atoms with Crippen molar-refractivity contribution in [1.82, 2.24) is 0 Å². The molecule has 0 aromatic heterocycles. The molecule has 5 heteroatoms. The van der Waals surface area contributed by atoms with E-state index in [2.05, 4.69) is 173 Å². The summed E-state index contributed by atoms with van der Waals surface area (Å²) in [5, 5.41) is 4.67. The maximum absolute atomic E-state index is 11.4. The van der Waals surface area contributed by atoms with E-state index in [9.17, 15) is 14.7 Å². The van der Waals surface area contributed by atoms with Crippen molar-refractivity contribution in [2.45, 2.75) is 157 Å². The SMILES string of the molecule is COc1ccc([P+](O)(O)O)c(-c2cc3c(C(C)(C)C)cc(C(C)(C)C)cc3cc2C(C)(C)C)c1-c1cc2c(C(C)(C)C)cc(C(C)(C)C)cc2cc1C(C)(C)C. The Morgan fingerprint density at radius 3 is 1.07 bits per heavy atom. The van der Waals surface area contributed by atoms with Crippen LogP contribution in [0.3, 0.4) is 0 Å². The van der Waals surface area contributed by atoms with Crippen molar-refractivity contribution in [3.05, 3.63) is 94.0 Å². The van der Waals surface area contributed by atoms with Crippen molar-refractivity contribution in [1.29, 1.82) is 0 Å². The maximum atomic E-state index is 11.4. The van der Waals surface area contributed by atoms with Crippen LogP contribution in [0.25, 0.3) is 43.8 Å². The highest BCUT2D eigenvalue weighted by molar-refractivity contribution is 7.67.